The van der Waals surface area contributed by atoms with Crippen molar-refractivity contribution in [1.82, 2.24) is 5.32 Å². The van der Waals surface area contributed by atoms with E-state index in [4.69, 9.17) is 16.3 Å². The SMILES string of the molecule is COc1c(Cl)cc(C(=O)NCC2CC2)cc1Br. The molecule has 0 heterocycles. The van der Waals surface area contributed by atoms with Crippen LogP contribution in [0.1, 0.15) is 23.2 Å². The van der Waals surface area contributed by atoms with Gasteiger partial charge in [-0.3, -0.25) is 4.79 Å². The molecule has 1 saturated carbocycles. The highest BCUT2D eigenvalue weighted by Crippen LogP contribution is 2.34. The summed E-state index contributed by atoms with van der Waals surface area (Å²) < 4.78 is 5.79. The number of hydrogen-bond donors (Lipinski definition) is 1. The number of hydrogen-bond acceptors (Lipinski definition) is 2. The zero-order chi connectivity index (χ0) is 12.4. The summed E-state index contributed by atoms with van der Waals surface area (Å²) in [5.74, 6) is 1.11. The monoisotopic (exact) mass is 317 g/mol. The molecule has 0 aliphatic heterocycles. The molecule has 0 saturated heterocycles. The normalized spacial score (nSPS) is 14.5. The molecule has 1 aromatic rings. The molecular weight excluding hydrogens is 305 g/mol. The van der Waals surface area contributed by atoms with E-state index in [0.717, 1.165) is 6.54 Å². The fourth-order valence-corrected chi connectivity index (χ4v) is 2.58. The van der Waals surface area contributed by atoms with E-state index in [1.807, 2.05) is 0 Å². The number of halogens is 2. The molecule has 0 aromatic heterocycles. The van der Waals surface area contributed by atoms with Crippen molar-refractivity contribution in [1.29, 1.82) is 0 Å². The Morgan fingerprint density at radius 2 is 2.29 bits per heavy atom. The second-order valence-electron chi connectivity index (χ2n) is 4.13. The van der Waals surface area contributed by atoms with Crippen LogP contribution in [0.4, 0.5) is 0 Å². The van der Waals surface area contributed by atoms with Gasteiger partial charge >= 0.3 is 0 Å². The van der Waals surface area contributed by atoms with E-state index in [9.17, 15) is 4.79 Å². The van der Waals surface area contributed by atoms with E-state index in [2.05, 4.69) is 21.2 Å². The maximum absolute atomic E-state index is 11.8. The molecular formula is C12H13BrClNO2. The number of benzene rings is 1. The van der Waals surface area contributed by atoms with Crippen LogP contribution in [-0.2, 0) is 0 Å². The molecule has 1 aromatic carbocycles. The first-order valence-corrected chi connectivity index (χ1v) is 6.60. The number of nitrogens with one attached hydrogen (secondary N) is 1. The fourth-order valence-electron chi connectivity index (χ4n) is 1.55. The highest BCUT2D eigenvalue weighted by atomic mass is 79.9. The zero-order valence-corrected chi connectivity index (χ0v) is 11.8. The highest BCUT2D eigenvalue weighted by Gasteiger charge is 2.22. The van der Waals surface area contributed by atoms with Crippen molar-refractivity contribution in [3.8, 4) is 5.75 Å². The first kappa shape index (κ1) is 12.7. The Bertz CT molecular complexity index is 423. The van der Waals surface area contributed by atoms with Crippen LogP contribution in [0.15, 0.2) is 16.6 Å². The molecule has 0 unspecified atom stereocenters. The Balaban J connectivity index is 2.11. The molecule has 0 atom stereocenters. The van der Waals surface area contributed by atoms with Gasteiger partial charge in [0, 0.05) is 12.1 Å². The number of rotatable bonds is 4. The molecule has 1 aliphatic rings. The Hall–Kier alpha value is -0.740. The Labute approximate surface area is 114 Å². The van der Waals surface area contributed by atoms with Gasteiger partial charge in [-0.25, -0.2) is 0 Å². The third kappa shape index (κ3) is 3.13. The fraction of sp³-hybridized carbons (Fsp3) is 0.417. The summed E-state index contributed by atoms with van der Waals surface area (Å²) in [4.78, 5) is 11.8. The molecule has 2 rings (SSSR count). The lowest BCUT2D eigenvalue weighted by atomic mass is 10.2. The van der Waals surface area contributed by atoms with Crippen LogP contribution < -0.4 is 10.1 Å². The molecule has 5 heteroatoms. The smallest absolute Gasteiger partial charge is 0.251 e. The maximum atomic E-state index is 11.8. The van der Waals surface area contributed by atoms with Crippen LogP contribution in [0, 0.1) is 5.92 Å². The van der Waals surface area contributed by atoms with Crippen molar-refractivity contribution in [2.24, 2.45) is 5.92 Å². The zero-order valence-electron chi connectivity index (χ0n) is 9.43. The van der Waals surface area contributed by atoms with E-state index < -0.39 is 0 Å². The summed E-state index contributed by atoms with van der Waals surface area (Å²) in [5.41, 5.74) is 0.545. The quantitative estimate of drug-likeness (QED) is 0.925. The van der Waals surface area contributed by atoms with E-state index in [0.29, 0.717) is 26.7 Å². The second-order valence-corrected chi connectivity index (χ2v) is 5.39. The molecule has 17 heavy (non-hydrogen) atoms. The van der Waals surface area contributed by atoms with Crippen LogP contribution in [0.3, 0.4) is 0 Å². The molecule has 0 radical (unpaired) electrons. The van der Waals surface area contributed by atoms with Gasteiger partial charge in [0.05, 0.1) is 16.6 Å². The minimum atomic E-state index is -0.0952. The van der Waals surface area contributed by atoms with Crippen molar-refractivity contribution >= 4 is 33.4 Å². The van der Waals surface area contributed by atoms with Crippen molar-refractivity contribution in [3.63, 3.8) is 0 Å². The van der Waals surface area contributed by atoms with Gasteiger partial charge in [0.2, 0.25) is 0 Å². The van der Waals surface area contributed by atoms with Crippen LogP contribution >= 0.6 is 27.5 Å². The van der Waals surface area contributed by atoms with E-state index in [1.165, 1.54) is 12.8 Å². The van der Waals surface area contributed by atoms with Crippen molar-refractivity contribution in [3.05, 3.63) is 27.2 Å². The standard InChI is InChI=1S/C12H13BrClNO2/c1-17-11-9(13)4-8(5-10(11)14)12(16)15-6-7-2-3-7/h4-5,7H,2-3,6H2,1H3,(H,15,16). The maximum Gasteiger partial charge on any atom is 0.251 e. The van der Waals surface area contributed by atoms with Gasteiger partial charge in [0.15, 0.2) is 5.75 Å². The first-order valence-electron chi connectivity index (χ1n) is 5.43. The average molecular weight is 319 g/mol. The minimum Gasteiger partial charge on any atom is -0.494 e. The number of amides is 1. The number of carbonyl (C=O) groups excluding carboxylic acids is 1. The van der Waals surface area contributed by atoms with Crippen molar-refractivity contribution in [2.75, 3.05) is 13.7 Å². The van der Waals surface area contributed by atoms with Crippen molar-refractivity contribution < 1.29 is 9.53 Å². The summed E-state index contributed by atoms with van der Waals surface area (Å²) in [5, 5.41) is 3.32. The molecule has 1 N–H and O–H groups in total. The third-order valence-corrected chi connectivity index (χ3v) is 3.58. The van der Waals surface area contributed by atoms with Gasteiger partial charge in [0.1, 0.15) is 0 Å². The van der Waals surface area contributed by atoms with Gasteiger partial charge in [-0.1, -0.05) is 11.6 Å². The molecule has 1 aliphatic carbocycles. The predicted octanol–water partition coefficient (Wildman–Crippen LogP) is 3.25. The summed E-state index contributed by atoms with van der Waals surface area (Å²) >= 11 is 9.35. The molecule has 1 amide bonds. The Morgan fingerprint density at radius 3 is 2.82 bits per heavy atom. The largest absolute Gasteiger partial charge is 0.494 e. The van der Waals surface area contributed by atoms with Gasteiger partial charge < -0.3 is 10.1 Å². The van der Waals surface area contributed by atoms with Crippen LogP contribution in [0.2, 0.25) is 5.02 Å². The van der Waals surface area contributed by atoms with Crippen LogP contribution in [0.25, 0.3) is 0 Å². The molecule has 3 nitrogen and oxygen atoms in total. The summed E-state index contributed by atoms with van der Waals surface area (Å²) in [6.07, 6.45) is 2.43. The lowest BCUT2D eigenvalue weighted by Gasteiger charge is -2.09. The number of carbonyl (C=O) groups is 1. The Kier molecular flexibility index (Phi) is 3.94. The average Bonchev–Trinajstić information content (AvgIpc) is 3.09. The van der Waals surface area contributed by atoms with Gasteiger partial charge in [-0.15, -0.1) is 0 Å². The molecule has 0 bridgehead atoms. The van der Waals surface area contributed by atoms with E-state index >= 15 is 0 Å². The molecule has 92 valence electrons. The summed E-state index contributed by atoms with van der Waals surface area (Å²) in [6.45, 7) is 0.750. The first-order chi connectivity index (χ1) is 8.11. The van der Waals surface area contributed by atoms with Gasteiger partial charge in [-0.05, 0) is 46.8 Å². The Morgan fingerprint density at radius 1 is 1.59 bits per heavy atom. The van der Waals surface area contributed by atoms with Crippen LogP contribution in [0.5, 0.6) is 5.75 Å². The number of methoxy groups -OCH3 is 1. The highest BCUT2D eigenvalue weighted by molar-refractivity contribution is 9.10. The lowest BCUT2D eigenvalue weighted by Crippen LogP contribution is -2.25. The second kappa shape index (κ2) is 5.27. The summed E-state index contributed by atoms with van der Waals surface area (Å²) in [7, 11) is 1.54. The summed E-state index contributed by atoms with van der Waals surface area (Å²) in [6, 6.07) is 3.33. The number of ether oxygens (including phenoxy) is 1. The minimum absolute atomic E-state index is 0.0952. The lowest BCUT2D eigenvalue weighted by molar-refractivity contribution is 0.0951. The molecule has 1 fully saturated rings. The van der Waals surface area contributed by atoms with E-state index in [-0.39, 0.29) is 5.91 Å². The van der Waals surface area contributed by atoms with Gasteiger partial charge in [-0.2, -0.15) is 0 Å². The van der Waals surface area contributed by atoms with Crippen LogP contribution in [-0.4, -0.2) is 19.6 Å². The van der Waals surface area contributed by atoms with Gasteiger partial charge in [0.25, 0.3) is 5.91 Å². The van der Waals surface area contributed by atoms with Crippen molar-refractivity contribution in [2.45, 2.75) is 12.8 Å². The van der Waals surface area contributed by atoms with E-state index in [1.54, 1.807) is 19.2 Å². The predicted molar refractivity (Wildman–Crippen MR) is 70.8 cm³/mol. The topological polar surface area (TPSA) is 38.3 Å². The third-order valence-electron chi connectivity index (χ3n) is 2.71. The molecule has 0 spiro atoms.